The smallest absolute Gasteiger partial charge is 0.367 e. The third-order valence-corrected chi connectivity index (χ3v) is 3.72. The lowest BCUT2D eigenvalue weighted by Crippen LogP contribution is -2.53. The summed E-state index contributed by atoms with van der Waals surface area (Å²) in [5.41, 5.74) is -1.34. The molecule has 0 aromatic carbocycles. The van der Waals surface area contributed by atoms with Gasteiger partial charge in [-0.15, -0.1) is 11.6 Å². The van der Waals surface area contributed by atoms with Crippen molar-refractivity contribution in [2.75, 3.05) is 23.9 Å². The standard InChI is InChI=1S/C13H15Cl2F3N2O/c1-12(2)7-20(6-9(4-14)21-12)11-10(15)3-8(5-19-11)13(16,17)18/h3,5,9H,4,6-7H2,1-2H3. The van der Waals surface area contributed by atoms with E-state index in [0.717, 1.165) is 12.3 Å². The Hall–Kier alpha value is -0.720. The topological polar surface area (TPSA) is 25.4 Å². The number of nitrogens with zero attached hydrogens (tertiary/aromatic N) is 2. The van der Waals surface area contributed by atoms with E-state index < -0.39 is 17.3 Å². The molecule has 0 aliphatic carbocycles. The molecular formula is C13H15Cl2F3N2O. The van der Waals surface area contributed by atoms with Gasteiger partial charge in [0.15, 0.2) is 0 Å². The molecule has 2 rings (SSSR count). The Kier molecular flexibility index (Phi) is 4.61. The van der Waals surface area contributed by atoms with Crippen LogP contribution in [-0.4, -0.2) is 35.7 Å². The van der Waals surface area contributed by atoms with Gasteiger partial charge in [0, 0.05) is 19.3 Å². The minimum Gasteiger partial charge on any atom is -0.367 e. The van der Waals surface area contributed by atoms with E-state index in [1.165, 1.54) is 0 Å². The third kappa shape index (κ3) is 3.93. The van der Waals surface area contributed by atoms with E-state index in [1.54, 1.807) is 4.90 Å². The van der Waals surface area contributed by atoms with Crippen molar-refractivity contribution in [3.8, 4) is 0 Å². The highest BCUT2D eigenvalue weighted by atomic mass is 35.5. The van der Waals surface area contributed by atoms with Gasteiger partial charge in [0.1, 0.15) is 5.82 Å². The van der Waals surface area contributed by atoms with Crippen LogP contribution in [0.2, 0.25) is 5.02 Å². The summed E-state index contributed by atoms with van der Waals surface area (Å²) in [4.78, 5) is 5.68. The van der Waals surface area contributed by atoms with Crippen LogP contribution in [0.25, 0.3) is 0 Å². The summed E-state index contributed by atoms with van der Waals surface area (Å²) in [6.07, 6.45) is -3.90. The fourth-order valence-corrected chi connectivity index (χ4v) is 2.80. The Morgan fingerprint density at radius 2 is 2.14 bits per heavy atom. The second kappa shape index (κ2) is 5.82. The van der Waals surface area contributed by atoms with Gasteiger partial charge in [0.05, 0.1) is 28.2 Å². The van der Waals surface area contributed by atoms with Crippen molar-refractivity contribution in [2.45, 2.75) is 31.7 Å². The van der Waals surface area contributed by atoms with Gasteiger partial charge in [0.2, 0.25) is 0 Å². The number of aromatic nitrogens is 1. The van der Waals surface area contributed by atoms with Crippen LogP contribution in [0.3, 0.4) is 0 Å². The fourth-order valence-electron chi connectivity index (χ4n) is 2.36. The first-order chi connectivity index (χ1) is 9.62. The Labute approximate surface area is 131 Å². The zero-order valence-corrected chi connectivity index (χ0v) is 13.1. The van der Waals surface area contributed by atoms with Gasteiger partial charge >= 0.3 is 6.18 Å². The van der Waals surface area contributed by atoms with Crippen molar-refractivity contribution in [2.24, 2.45) is 0 Å². The zero-order valence-electron chi connectivity index (χ0n) is 11.5. The van der Waals surface area contributed by atoms with Crippen LogP contribution in [0.5, 0.6) is 0 Å². The quantitative estimate of drug-likeness (QED) is 0.760. The molecule has 1 aromatic rings. The number of rotatable bonds is 2. The number of pyridine rings is 1. The summed E-state index contributed by atoms with van der Waals surface area (Å²) in [6.45, 7) is 4.68. The predicted molar refractivity (Wildman–Crippen MR) is 76.1 cm³/mol. The normalized spacial score (nSPS) is 22.4. The molecule has 8 heteroatoms. The van der Waals surface area contributed by atoms with Gasteiger partial charge in [-0.05, 0) is 19.9 Å². The van der Waals surface area contributed by atoms with Gasteiger partial charge in [-0.3, -0.25) is 0 Å². The van der Waals surface area contributed by atoms with Crippen molar-refractivity contribution in [3.05, 3.63) is 22.8 Å². The average Bonchev–Trinajstić information content (AvgIpc) is 2.35. The number of hydrogen-bond acceptors (Lipinski definition) is 3. The van der Waals surface area contributed by atoms with Gasteiger partial charge in [-0.25, -0.2) is 4.98 Å². The molecule has 1 saturated heterocycles. The van der Waals surface area contributed by atoms with E-state index in [9.17, 15) is 13.2 Å². The Bertz CT molecular complexity index is 523. The van der Waals surface area contributed by atoms with Crippen LogP contribution >= 0.6 is 23.2 Å². The molecule has 0 N–H and O–H groups in total. The summed E-state index contributed by atoms with van der Waals surface area (Å²) in [5, 5.41) is -0.0316. The van der Waals surface area contributed by atoms with Crippen LogP contribution in [0.1, 0.15) is 19.4 Å². The predicted octanol–water partition coefficient (Wildman–Crippen LogP) is 3.98. The van der Waals surface area contributed by atoms with Gasteiger partial charge < -0.3 is 9.64 Å². The molecule has 0 amide bonds. The number of morpholine rings is 1. The molecule has 2 heterocycles. The molecule has 1 aromatic heterocycles. The van der Waals surface area contributed by atoms with Crippen LogP contribution in [0, 0.1) is 0 Å². The van der Waals surface area contributed by atoms with Crippen molar-refractivity contribution >= 4 is 29.0 Å². The maximum atomic E-state index is 12.6. The molecule has 0 saturated carbocycles. The first-order valence-corrected chi connectivity index (χ1v) is 7.25. The molecular weight excluding hydrogens is 328 g/mol. The number of hydrogen-bond donors (Lipinski definition) is 0. The molecule has 0 bridgehead atoms. The molecule has 1 unspecified atom stereocenters. The zero-order chi connectivity index (χ0) is 15.8. The molecule has 118 valence electrons. The van der Waals surface area contributed by atoms with Crippen LogP contribution in [-0.2, 0) is 10.9 Å². The Morgan fingerprint density at radius 1 is 1.48 bits per heavy atom. The largest absolute Gasteiger partial charge is 0.417 e. The minimum absolute atomic E-state index is 0.0316. The maximum Gasteiger partial charge on any atom is 0.417 e. The average molecular weight is 343 g/mol. The third-order valence-electron chi connectivity index (χ3n) is 3.10. The SMILES string of the molecule is CC1(C)CN(c2ncc(C(F)(F)F)cc2Cl)CC(CCl)O1. The summed E-state index contributed by atoms with van der Waals surface area (Å²) in [6, 6.07) is 0.891. The maximum absolute atomic E-state index is 12.6. The number of halogens is 5. The molecule has 1 fully saturated rings. The second-order valence-corrected chi connectivity index (χ2v) is 6.28. The van der Waals surface area contributed by atoms with E-state index in [-0.39, 0.29) is 17.0 Å². The Morgan fingerprint density at radius 3 is 2.67 bits per heavy atom. The van der Waals surface area contributed by atoms with E-state index in [1.807, 2.05) is 13.8 Å². The van der Waals surface area contributed by atoms with Crippen molar-refractivity contribution in [1.82, 2.24) is 4.98 Å². The fraction of sp³-hybridized carbons (Fsp3) is 0.615. The number of alkyl halides is 4. The van der Waals surface area contributed by atoms with E-state index in [2.05, 4.69) is 4.98 Å². The summed E-state index contributed by atoms with van der Waals surface area (Å²) in [5.74, 6) is 0.606. The van der Waals surface area contributed by atoms with Crippen LogP contribution < -0.4 is 4.90 Å². The van der Waals surface area contributed by atoms with Gasteiger partial charge in [-0.1, -0.05) is 11.6 Å². The summed E-state index contributed by atoms with van der Waals surface area (Å²) >= 11 is 11.8. The lowest BCUT2D eigenvalue weighted by Gasteiger charge is -2.43. The second-order valence-electron chi connectivity index (χ2n) is 5.56. The molecule has 3 nitrogen and oxygen atoms in total. The Balaban J connectivity index is 2.29. The highest BCUT2D eigenvalue weighted by molar-refractivity contribution is 6.33. The minimum atomic E-state index is -4.46. The lowest BCUT2D eigenvalue weighted by atomic mass is 10.1. The number of anilines is 1. The summed E-state index contributed by atoms with van der Waals surface area (Å²) in [7, 11) is 0. The van der Waals surface area contributed by atoms with Crippen molar-refractivity contribution in [1.29, 1.82) is 0 Å². The highest BCUT2D eigenvalue weighted by Crippen LogP contribution is 2.35. The molecule has 0 radical (unpaired) electrons. The number of ether oxygens (including phenoxy) is 1. The first kappa shape index (κ1) is 16.6. The highest BCUT2D eigenvalue weighted by Gasteiger charge is 2.36. The van der Waals surface area contributed by atoms with E-state index in [4.69, 9.17) is 27.9 Å². The van der Waals surface area contributed by atoms with Gasteiger partial charge in [0.25, 0.3) is 0 Å². The van der Waals surface area contributed by atoms with Crippen LogP contribution in [0.4, 0.5) is 19.0 Å². The van der Waals surface area contributed by atoms with E-state index in [0.29, 0.717) is 18.9 Å². The van der Waals surface area contributed by atoms with Crippen LogP contribution in [0.15, 0.2) is 12.3 Å². The molecule has 1 aliphatic rings. The lowest BCUT2D eigenvalue weighted by molar-refractivity contribution is -0.137. The molecule has 0 spiro atoms. The summed E-state index contributed by atoms with van der Waals surface area (Å²) < 4.78 is 43.7. The van der Waals surface area contributed by atoms with Crippen molar-refractivity contribution in [3.63, 3.8) is 0 Å². The van der Waals surface area contributed by atoms with Gasteiger partial charge in [-0.2, -0.15) is 13.2 Å². The van der Waals surface area contributed by atoms with E-state index >= 15 is 0 Å². The first-order valence-electron chi connectivity index (χ1n) is 6.34. The molecule has 1 atom stereocenters. The van der Waals surface area contributed by atoms with Crippen molar-refractivity contribution < 1.29 is 17.9 Å². The molecule has 1 aliphatic heterocycles. The molecule has 21 heavy (non-hydrogen) atoms. The monoisotopic (exact) mass is 342 g/mol.